The molecular weight excluding hydrogens is 408 g/mol. The molecule has 0 amide bonds. The zero-order valence-electron chi connectivity index (χ0n) is 16.6. The molecule has 0 bridgehead atoms. The van der Waals surface area contributed by atoms with Crippen molar-refractivity contribution < 1.29 is 50.4 Å². The van der Waals surface area contributed by atoms with E-state index in [0.29, 0.717) is 24.3 Å². The van der Waals surface area contributed by atoms with Gasteiger partial charge < -0.3 is 9.47 Å². The zero-order chi connectivity index (χ0) is 20.8. The number of esters is 2. The summed E-state index contributed by atoms with van der Waals surface area (Å²) in [6.07, 6.45) is -0.365. The monoisotopic (exact) mass is 432 g/mol. The standard InChI is InChI=1S/2C11H12O3.Ti/c2*1-2-14-11(13)8-10(12)9-6-4-3-5-7-9;/h2*3-7H,2,8H2,1H3;. The van der Waals surface area contributed by atoms with Crippen molar-refractivity contribution in [1.29, 1.82) is 0 Å². The van der Waals surface area contributed by atoms with Crippen LogP contribution in [0.2, 0.25) is 0 Å². The molecule has 0 unspecified atom stereocenters. The van der Waals surface area contributed by atoms with Crippen molar-refractivity contribution in [2.75, 3.05) is 13.2 Å². The number of carbonyl (C=O) groups is 4. The molecule has 2 aromatic carbocycles. The average Bonchev–Trinajstić information content (AvgIpc) is 2.70. The maximum Gasteiger partial charge on any atom is 0.313 e. The van der Waals surface area contributed by atoms with E-state index >= 15 is 0 Å². The molecule has 0 aliphatic rings. The van der Waals surface area contributed by atoms with Crippen LogP contribution in [0, 0.1) is 0 Å². The van der Waals surface area contributed by atoms with Gasteiger partial charge in [-0.05, 0) is 13.8 Å². The van der Waals surface area contributed by atoms with E-state index in [9.17, 15) is 19.2 Å². The number of hydrogen-bond donors (Lipinski definition) is 0. The largest absolute Gasteiger partial charge is 0.466 e. The van der Waals surface area contributed by atoms with E-state index in [-0.39, 0.29) is 46.1 Å². The number of ether oxygens (including phenoxy) is 2. The van der Waals surface area contributed by atoms with Crippen molar-refractivity contribution in [2.45, 2.75) is 26.7 Å². The first kappa shape index (κ1) is 26.4. The molecule has 0 saturated heterocycles. The smallest absolute Gasteiger partial charge is 0.313 e. The van der Waals surface area contributed by atoms with Crippen LogP contribution >= 0.6 is 0 Å². The van der Waals surface area contributed by atoms with Gasteiger partial charge in [0.15, 0.2) is 11.6 Å². The Labute approximate surface area is 185 Å². The van der Waals surface area contributed by atoms with Crippen LogP contribution in [0.15, 0.2) is 60.7 Å². The van der Waals surface area contributed by atoms with Crippen molar-refractivity contribution in [3.63, 3.8) is 0 Å². The van der Waals surface area contributed by atoms with Crippen molar-refractivity contribution in [2.24, 2.45) is 0 Å². The fraction of sp³-hybridized carbons (Fsp3) is 0.273. The Balaban J connectivity index is 0.000000523. The predicted molar refractivity (Wildman–Crippen MR) is 104 cm³/mol. The van der Waals surface area contributed by atoms with E-state index in [2.05, 4.69) is 9.47 Å². The SMILES string of the molecule is CCOC(=O)CC(=O)c1ccccc1.CCOC(=O)CC(=O)c1ccccc1.[Ti]. The molecule has 0 saturated carbocycles. The summed E-state index contributed by atoms with van der Waals surface area (Å²) >= 11 is 0. The Kier molecular flexibility index (Phi) is 14.0. The maximum atomic E-state index is 11.4. The quantitative estimate of drug-likeness (QED) is 0.274. The minimum Gasteiger partial charge on any atom is -0.466 e. The minimum absolute atomic E-state index is 0. The van der Waals surface area contributed by atoms with Crippen LogP contribution in [0.1, 0.15) is 47.4 Å². The third-order valence-electron chi connectivity index (χ3n) is 3.41. The summed E-state index contributed by atoms with van der Waals surface area (Å²) in [5, 5.41) is 0. The van der Waals surface area contributed by atoms with Gasteiger partial charge in [0.05, 0.1) is 13.2 Å². The van der Waals surface area contributed by atoms with Gasteiger partial charge in [0, 0.05) is 32.8 Å². The Morgan fingerprint density at radius 2 is 0.931 bits per heavy atom. The molecule has 2 aromatic rings. The Morgan fingerprint density at radius 1 is 0.621 bits per heavy atom. The van der Waals surface area contributed by atoms with E-state index in [1.54, 1.807) is 62.4 Å². The second-order valence-electron chi connectivity index (χ2n) is 5.54. The second kappa shape index (κ2) is 15.4. The molecule has 0 fully saturated rings. The summed E-state index contributed by atoms with van der Waals surface area (Å²) in [7, 11) is 0. The predicted octanol–water partition coefficient (Wildman–Crippen LogP) is 3.64. The molecule has 6 nitrogen and oxygen atoms in total. The van der Waals surface area contributed by atoms with Crippen molar-refractivity contribution >= 4 is 23.5 Å². The molecule has 7 heteroatoms. The third kappa shape index (κ3) is 11.1. The van der Waals surface area contributed by atoms with E-state index in [1.165, 1.54) is 0 Å². The van der Waals surface area contributed by atoms with Crippen LogP contribution in [0.4, 0.5) is 0 Å². The van der Waals surface area contributed by atoms with Gasteiger partial charge >= 0.3 is 11.9 Å². The fourth-order valence-electron chi connectivity index (χ4n) is 2.14. The van der Waals surface area contributed by atoms with Crippen molar-refractivity contribution in [1.82, 2.24) is 0 Å². The van der Waals surface area contributed by atoms with Crippen LogP contribution in [0.5, 0.6) is 0 Å². The normalized spacial score (nSPS) is 9.17. The summed E-state index contributed by atoms with van der Waals surface area (Å²) in [4.78, 5) is 44.8. The molecule has 0 radical (unpaired) electrons. The molecular formula is C22H24O6Ti. The first-order valence-corrected chi connectivity index (χ1v) is 8.95. The van der Waals surface area contributed by atoms with E-state index in [1.807, 2.05) is 12.1 Å². The molecule has 29 heavy (non-hydrogen) atoms. The van der Waals surface area contributed by atoms with Gasteiger partial charge in [0.25, 0.3) is 0 Å². The number of carbonyl (C=O) groups excluding carboxylic acids is 4. The number of rotatable bonds is 8. The van der Waals surface area contributed by atoms with Crippen molar-refractivity contribution in [3.8, 4) is 0 Å². The molecule has 0 aliphatic carbocycles. The topological polar surface area (TPSA) is 86.7 Å². The second-order valence-corrected chi connectivity index (χ2v) is 5.54. The summed E-state index contributed by atoms with van der Waals surface area (Å²) in [6.45, 7) is 4.04. The third-order valence-corrected chi connectivity index (χ3v) is 3.41. The first-order valence-electron chi connectivity index (χ1n) is 8.95. The number of ketones is 2. The minimum atomic E-state index is -0.471. The number of Topliss-reactive ketones (excluding diaryl/α,β-unsaturated/α-hetero) is 2. The van der Waals surface area contributed by atoms with Crippen LogP contribution in [0.25, 0.3) is 0 Å². The van der Waals surface area contributed by atoms with Crippen LogP contribution in [-0.4, -0.2) is 36.7 Å². The van der Waals surface area contributed by atoms with E-state index < -0.39 is 11.9 Å². The number of hydrogen-bond acceptors (Lipinski definition) is 6. The van der Waals surface area contributed by atoms with E-state index in [4.69, 9.17) is 0 Å². The summed E-state index contributed by atoms with van der Waals surface area (Å²) < 4.78 is 9.35. The van der Waals surface area contributed by atoms with Crippen LogP contribution in [-0.2, 0) is 40.8 Å². The molecule has 0 heterocycles. The zero-order valence-corrected chi connectivity index (χ0v) is 18.1. The van der Waals surface area contributed by atoms with Gasteiger partial charge in [-0.3, -0.25) is 19.2 Å². The molecule has 0 N–H and O–H groups in total. The summed E-state index contributed by atoms with van der Waals surface area (Å²) in [5.74, 6) is -1.35. The van der Waals surface area contributed by atoms with Gasteiger partial charge in [0.1, 0.15) is 12.8 Å². The van der Waals surface area contributed by atoms with Gasteiger partial charge in [0.2, 0.25) is 0 Å². The molecule has 0 spiro atoms. The van der Waals surface area contributed by atoms with Crippen LogP contribution < -0.4 is 0 Å². The average molecular weight is 432 g/mol. The van der Waals surface area contributed by atoms with Gasteiger partial charge in [-0.1, -0.05) is 60.7 Å². The molecule has 2 rings (SSSR count). The van der Waals surface area contributed by atoms with Gasteiger partial charge in [-0.2, -0.15) is 0 Å². The maximum absolute atomic E-state index is 11.4. The molecule has 0 atom stereocenters. The summed E-state index contributed by atoms with van der Waals surface area (Å²) in [5.41, 5.74) is 1.08. The van der Waals surface area contributed by atoms with Gasteiger partial charge in [-0.25, -0.2) is 0 Å². The fourth-order valence-corrected chi connectivity index (χ4v) is 2.14. The number of benzene rings is 2. The molecule has 0 aliphatic heterocycles. The van der Waals surface area contributed by atoms with E-state index in [0.717, 1.165) is 0 Å². The van der Waals surface area contributed by atoms with Crippen LogP contribution in [0.3, 0.4) is 0 Å². The Hall–Kier alpha value is -2.57. The molecule has 152 valence electrons. The Bertz CT molecular complexity index is 707. The summed E-state index contributed by atoms with van der Waals surface area (Å²) in [6, 6.07) is 17.4. The van der Waals surface area contributed by atoms with Crippen molar-refractivity contribution in [3.05, 3.63) is 71.8 Å². The van der Waals surface area contributed by atoms with Gasteiger partial charge in [-0.15, -0.1) is 0 Å². The Morgan fingerprint density at radius 3 is 1.21 bits per heavy atom. The first-order chi connectivity index (χ1) is 13.5. The molecule has 0 aromatic heterocycles.